The number of imidazole rings is 1. The van der Waals surface area contributed by atoms with Gasteiger partial charge in [-0.3, -0.25) is 14.7 Å². The van der Waals surface area contributed by atoms with Crippen LogP contribution in [0.3, 0.4) is 0 Å². The van der Waals surface area contributed by atoms with Crippen molar-refractivity contribution in [3.63, 3.8) is 0 Å². The number of benzene rings is 2. The third kappa shape index (κ3) is 4.90. The lowest BCUT2D eigenvalue weighted by molar-refractivity contribution is 0.112. The second-order valence-electron chi connectivity index (χ2n) is 8.36. The van der Waals surface area contributed by atoms with Crippen LogP contribution >= 0.6 is 0 Å². The predicted octanol–water partition coefficient (Wildman–Crippen LogP) is 3.59. The Morgan fingerprint density at radius 1 is 1.21 bits per heavy atom. The number of carbonyl (C=O) groups is 1. The summed E-state index contributed by atoms with van der Waals surface area (Å²) in [5.41, 5.74) is 4.97. The molecule has 1 aliphatic heterocycles. The zero-order chi connectivity index (χ0) is 23.5. The summed E-state index contributed by atoms with van der Waals surface area (Å²) in [7, 11) is 5.58. The Balaban J connectivity index is 1.57. The molecule has 33 heavy (non-hydrogen) atoms. The molecule has 0 fully saturated rings. The molecule has 1 aromatic heterocycles. The van der Waals surface area contributed by atoms with E-state index in [0.717, 1.165) is 36.1 Å². The largest absolute Gasteiger partial charge is 0.508 e. The topological polar surface area (TPSA) is 89.2 Å². The molecule has 3 aromatic rings. The second kappa shape index (κ2) is 9.46. The first-order valence-corrected chi connectivity index (χ1v) is 10.7. The molecule has 2 heterocycles. The summed E-state index contributed by atoms with van der Waals surface area (Å²) in [6.45, 7) is 2.93. The molecule has 1 aliphatic rings. The van der Waals surface area contributed by atoms with E-state index in [2.05, 4.69) is 14.9 Å². The molecular weight excluding hydrogens is 420 g/mol. The Morgan fingerprint density at radius 3 is 2.76 bits per heavy atom. The van der Waals surface area contributed by atoms with Crippen molar-refractivity contribution in [3.05, 3.63) is 64.7 Å². The summed E-state index contributed by atoms with van der Waals surface area (Å²) in [6, 6.07) is 8.69. The lowest BCUT2D eigenvalue weighted by Gasteiger charge is -2.29. The number of fused-ring (bicyclic) bond motifs is 1. The number of aryl methyl sites for hydroxylation is 2. The van der Waals surface area contributed by atoms with Crippen LogP contribution in [-0.2, 0) is 26.6 Å². The average Bonchev–Trinajstić information content (AvgIpc) is 3.14. The number of aromatic hydroxyl groups is 1. The molecule has 2 aromatic carbocycles. The number of aldehydes is 1. The van der Waals surface area contributed by atoms with Gasteiger partial charge in [0.2, 0.25) is 0 Å². The Morgan fingerprint density at radius 2 is 2.03 bits per heavy atom. The minimum atomic E-state index is 0.0636. The molecule has 1 unspecified atom stereocenters. The van der Waals surface area contributed by atoms with E-state index in [0.29, 0.717) is 22.7 Å². The molecule has 172 valence electrons. The van der Waals surface area contributed by atoms with E-state index >= 15 is 0 Å². The van der Waals surface area contributed by atoms with Crippen molar-refractivity contribution in [3.8, 4) is 17.2 Å². The molecule has 1 N–H and O–H groups in total. The standard InChI is InChI=1S/C25H28N4O4/c1-16-5-17(7-20(31)6-16)14-33-25-10-21(18(13-30)8-24(25)32-4)26-11-19-9-22-23(12-28(19)2)29(3)15-27-22/h5-8,10-11,13,15,19,31H,9,12,14H2,1-4H3. The molecule has 8 nitrogen and oxygen atoms in total. The summed E-state index contributed by atoms with van der Waals surface area (Å²) in [5.74, 6) is 1.11. The highest BCUT2D eigenvalue weighted by atomic mass is 16.5. The van der Waals surface area contributed by atoms with E-state index < -0.39 is 0 Å². The highest BCUT2D eigenvalue weighted by molar-refractivity contribution is 5.87. The van der Waals surface area contributed by atoms with Gasteiger partial charge in [0, 0.05) is 37.9 Å². The molecule has 0 spiro atoms. The number of carbonyl (C=O) groups excluding carboxylic acids is 1. The molecule has 0 bridgehead atoms. The minimum absolute atomic E-state index is 0.0636. The number of likely N-dealkylation sites (N-methyl/N-ethyl adjacent to an activating group) is 1. The fraction of sp³-hybridized carbons (Fsp3) is 0.320. The lowest BCUT2D eigenvalue weighted by Crippen LogP contribution is -2.39. The van der Waals surface area contributed by atoms with E-state index in [-0.39, 0.29) is 18.4 Å². The number of phenols is 1. The van der Waals surface area contributed by atoms with Crippen molar-refractivity contribution in [1.29, 1.82) is 0 Å². The Kier molecular flexibility index (Phi) is 6.46. The third-order valence-electron chi connectivity index (χ3n) is 5.86. The zero-order valence-electron chi connectivity index (χ0n) is 19.3. The van der Waals surface area contributed by atoms with Crippen LogP contribution in [0.4, 0.5) is 5.69 Å². The van der Waals surface area contributed by atoms with Gasteiger partial charge < -0.3 is 19.1 Å². The normalized spacial score (nSPS) is 16.1. The van der Waals surface area contributed by atoms with Crippen LogP contribution in [0.5, 0.6) is 17.2 Å². The summed E-state index contributed by atoms with van der Waals surface area (Å²) in [4.78, 5) is 23.1. The van der Waals surface area contributed by atoms with Crippen molar-refractivity contribution in [2.45, 2.75) is 32.5 Å². The molecule has 0 aliphatic carbocycles. The predicted molar refractivity (Wildman–Crippen MR) is 126 cm³/mol. The number of ether oxygens (including phenoxy) is 2. The Labute approximate surface area is 193 Å². The number of rotatable bonds is 7. The maximum atomic E-state index is 11.7. The fourth-order valence-corrected chi connectivity index (χ4v) is 4.05. The first kappa shape index (κ1) is 22.5. The summed E-state index contributed by atoms with van der Waals surface area (Å²) < 4.78 is 13.5. The first-order valence-electron chi connectivity index (χ1n) is 10.7. The molecule has 8 heteroatoms. The van der Waals surface area contributed by atoms with E-state index in [1.165, 1.54) is 12.8 Å². The Bertz CT molecular complexity index is 1180. The monoisotopic (exact) mass is 448 g/mol. The van der Waals surface area contributed by atoms with Crippen LogP contribution in [0, 0.1) is 6.92 Å². The van der Waals surface area contributed by atoms with Crippen LogP contribution in [0.15, 0.2) is 41.7 Å². The highest BCUT2D eigenvalue weighted by Crippen LogP contribution is 2.35. The SMILES string of the molecule is COc1cc(C=O)c(N=CC2Cc3ncn(C)c3CN2C)cc1OCc1cc(C)cc(O)c1. The van der Waals surface area contributed by atoms with Gasteiger partial charge in [-0.2, -0.15) is 0 Å². The molecule has 4 rings (SSSR count). The highest BCUT2D eigenvalue weighted by Gasteiger charge is 2.25. The Hall–Kier alpha value is -3.65. The van der Waals surface area contributed by atoms with Gasteiger partial charge in [-0.25, -0.2) is 4.98 Å². The number of nitrogens with zero attached hydrogens (tertiary/aromatic N) is 4. The summed E-state index contributed by atoms with van der Waals surface area (Å²) in [6.07, 6.45) is 5.21. The molecular formula is C25H28N4O4. The lowest BCUT2D eigenvalue weighted by atomic mass is 10.0. The van der Waals surface area contributed by atoms with Crippen molar-refractivity contribution in [2.75, 3.05) is 14.2 Å². The molecule has 0 amide bonds. The van der Waals surface area contributed by atoms with Crippen LogP contribution in [0.2, 0.25) is 0 Å². The third-order valence-corrected chi connectivity index (χ3v) is 5.86. The van der Waals surface area contributed by atoms with Crippen molar-refractivity contribution < 1.29 is 19.4 Å². The van der Waals surface area contributed by atoms with E-state index in [4.69, 9.17) is 9.47 Å². The molecule has 0 saturated carbocycles. The molecule has 1 atom stereocenters. The van der Waals surface area contributed by atoms with Crippen LogP contribution in [0.25, 0.3) is 0 Å². The van der Waals surface area contributed by atoms with E-state index in [1.54, 1.807) is 24.3 Å². The van der Waals surface area contributed by atoms with E-state index in [9.17, 15) is 9.90 Å². The summed E-state index contributed by atoms with van der Waals surface area (Å²) in [5, 5.41) is 9.83. The van der Waals surface area contributed by atoms with E-state index in [1.807, 2.05) is 44.2 Å². The minimum Gasteiger partial charge on any atom is -0.508 e. The first-order chi connectivity index (χ1) is 15.9. The fourth-order valence-electron chi connectivity index (χ4n) is 4.05. The van der Waals surface area contributed by atoms with Crippen molar-refractivity contribution in [1.82, 2.24) is 14.5 Å². The molecule has 0 saturated heterocycles. The maximum Gasteiger partial charge on any atom is 0.163 e. The smallest absolute Gasteiger partial charge is 0.163 e. The second-order valence-corrected chi connectivity index (χ2v) is 8.36. The number of hydrogen-bond donors (Lipinski definition) is 1. The quantitative estimate of drug-likeness (QED) is 0.439. The van der Waals surface area contributed by atoms with Gasteiger partial charge in [0.05, 0.1) is 36.6 Å². The van der Waals surface area contributed by atoms with Crippen LogP contribution in [0.1, 0.15) is 32.9 Å². The number of aromatic nitrogens is 2. The van der Waals surface area contributed by atoms with Gasteiger partial charge in [-0.1, -0.05) is 6.07 Å². The molecule has 0 radical (unpaired) electrons. The average molecular weight is 449 g/mol. The zero-order valence-corrected chi connectivity index (χ0v) is 19.3. The maximum absolute atomic E-state index is 11.7. The number of methoxy groups -OCH3 is 1. The van der Waals surface area contributed by atoms with Crippen molar-refractivity contribution >= 4 is 18.2 Å². The van der Waals surface area contributed by atoms with Gasteiger partial charge >= 0.3 is 0 Å². The van der Waals surface area contributed by atoms with Crippen LogP contribution in [-0.4, -0.2) is 52.3 Å². The van der Waals surface area contributed by atoms with Gasteiger partial charge in [0.15, 0.2) is 17.8 Å². The van der Waals surface area contributed by atoms with Gasteiger partial charge in [-0.15, -0.1) is 0 Å². The van der Waals surface area contributed by atoms with Gasteiger partial charge in [0.1, 0.15) is 12.4 Å². The number of aliphatic imine (C=N–C) groups is 1. The van der Waals surface area contributed by atoms with Gasteiger partial charge in [0.25, 0.3) is 0 Å². The van der Waals surface area contributed by atoms with Gasteiger partial charge in [-0.05, 0) is 43.3 Å². The number of phenolic OH excluding ortho intramolecular Hbond substituents is 1. The number of hydrogen-bond acceptors (Lipinski definition) is 7. The van der Waals surface area contributed by atoms with Crippen molar-refractivity contribution in [2.24, 2.45) is 12.0 Å². The van der Waals surface area contributed by atoms with Crippen LogP contribution < -0.4 is 9.47 Å². The summed E-state index contributed by atoms with van der Waals surface area (Å²) >= 11 is 0.